The largest absolute Gasteiger partial charge is 0.478 e. The van der Waals surface area contributed by atoms with Crippen LogP contribution in [0.5, 0.6) is 0 Å². The Kier molecular flexibility index (Phi) is 13.1. The molecule has 5 nitrogen and oxygen atoms in total. The van der Waals surface area contributed by atoms with Crippen molar-refractivity contribution >= 4 is 34.4 Å². The molecule has 0 aliphatic heterocycles. The van der Waals surface area contributed by atoms with Crippen LogP contribution < -0.4 is 16.4 Å². The van der Waals surface area contributed by atoms with Gasteiger partial charge in [-0.15, -0.1) is 0 Å². The van der Waals surface area contributed by atoms with Crippen LogP contribution in [0.2, 0.25) is 0 Å². The van der Waals surface area contributed by atoms with Gasteiger partial charge in [-0.05, 0) is 107 Å². The van der Waals surface area contributed by atoms with Crippen LogP contribution in [-0.4, -0.2) is 11.1 Å². The van der Waals surface area contributed by atoms with Crippen molar-refractivity contribution in [2.24, 2.45) is 0 Å². The molecule has 0 amide bonds. The minimum absolute atomic E-state index is 0.253. The predicted octanol–water partition coefficient (Wildman–Crippen LogP) is 13.4. The van der Waals surface area contributed by atoms with Gasteiger partial charge in [-0.1, -0.05) is 158 Å². The fourth-order valence-electron chi connectivity index (χ4n) is 6.02. The third kappa shape index (κ3) is 10.6. The molecular weight excluding hydrogens is 687 g/mol. The Morgan fingerprint density at radius 1 is 0.411 bits per heavy atom. The molecule has 0 spiro atoms. The van der Waals surface area contributed by atoms with E-state index < -0.39 is 5.97 Å². The molecule has 5 heteroatoms. The minimum atomic E-state index is -0.946. The van der Waals surface area contributed by atoms with Crippen molar-refractivity contribution in [3.05, 3.63) is 223 Å². The molecule has 8 rings (SSSR count). The van der Waals surface area contributed by atoms with E-state index in [-0.39, 0.29) is 5.56 Å². The normalized spacial score (nSPS) is 10.2. The molecule has 0 radical (unpaired) electrons. The van der Waals surface area contributed by atoms with Gasteiger partial charge in [0.05, 0.1) is 11.3 Å². The lowest BCUT2D eigenvalue weighted by atomic mass is 10.0. The van der Waals surface area contributed by atoms with E-state index in [9.17, 15) is 9.90 Å². The average molecular weight is 732 g/mol. The molecule has 0 aliphatic carbocycles. The number of aromatic carboxylic acids is 1. The summed E-state index contributed by atoms with van der Waals surface area (Å²) in [7, 11) is 0. The first-order valence-electron chi connectivity index (χ1n) is 18.5. The van der Waals surface area contributed by atoms with Crippen molar-refractivity contribution in [1.29, 1.82) is 0 Å². The number of carboxylic acids is 1. The molecule has 0 saturated heterocycles. The van der Waals surface area contributed by atoms with Crippen molar-refractivity contribution in [3.8, 4) is 33.4 Å². The van der Waals surface area contributed by atoms with Crippen LogP contribution in [0, 0.1) is 13.8 Å². The molecule has 8 aromatic rings. The second kappa shape index (κ2) is 19.1. The van der Waals surface area contributed by atoms with E-state index >= 15 is 0 Å². The highest BCUT2D eigenvalue weighted by Crippen LogP contribution is 2.29. The summed E-state index contributed by atoms with van der Waals surface area (Å²) in [5, 5.41) is 16.0. The van der Waals surface area contributed by atoms with Crippen molar-refractivity contribution in [1.82, 2.24) is 0 Å². The Morgan fingerprint density at radius 2 is 0.768 bits per heavy atom. The molecule has 0 heterocycles. The Morgan fingerprint density at radius 3 is 1.20 bits per heavy atom. The fourth-order valence-corrected chi connectivity index (χ4v) is 6.02. The highest BCUT2D eigenvalue weighted by molar-refractivity contribution is 5.96. The summed E-state index contributed by atoms with van der Waals surface area (Å²) < 4.78 is 0. The highest BCUT2D eigenvalue weighted by atomic mass is 16.4. The highest BCUT2D eigenvalue weighted by Gasteiger charge is 2.12. The molecule has 0 aromatic heterocycles. The zero-order valence-electron chi connectivity index (χ0n) is 31.6. The second-order valence-electron chi connectivity index (χ2n) is 13.2. The van der Waals surface area contributed by atoms with E-state index in [0.29, 0.717) is 5.69 Å². The van der Waals surface area contributed by atoms with E-state index in [2.05, 4.69) is 96.4 Å². The van der Waals surface area contributed by atoms with Gasteiger partial charge < -0.3 is 21.5 Å². The first-order valence-corrected chi connectivity index (χ1v) is 18.5. The van der Waals surface area contributed by atoms with Crippen molar-refractivity contribution < 1.29 is 9.90 Å². The molecule has 56 heavy (non-hydrogen) atoms. The van der Waals surface area contributed by atoms with Crippen LogP contribution in [0.1, 0.15) is 21.5 Å². The maximum Gasteiger partial charge on any atom is 0.337 e. The summed E-state index contributed by atoms with van der Waals surface area (Å²) in [6.45, 7) is 4.14. The number of hydrogen-bond donors (Lipinski definition) is 4. The number of carbonyl (C=O) groups is 1. The van der Waals surface area contributed by atoms with E-state index in [1.54, 1.807) is 6.07 Å². The molecule has 0 unspecified atom stereocenters. The molecule has 0 bridgehead atoms. The first kappa shape index (κ1) is 38.4. The average Bonchev–Trinajstić information content (AvgIpc) is 3.25. The number of nitrogens with two attached hydrogens (primary N) is 1. The van der Waals surface area contributed by atoms with Gasteiger partial charge in [0.1, 0.15) is 0 Å². The lowest BCUT2D eigenvalue weighted by molar-refractivity contribution is 0.0698. The molecule has 0 atom stereocenters. The summed E-state index contributed by atoms with van der Waals surface area (Å²) in [6.07, 6.45) is 0. The van der Waals surface area contributed by atoms with Gasteiger partial charge in [-0.3, -0.25) is 0 Å². The van der Waals surface area contributed by atoms with Crippen LogP contribution in [-0.2, 0) is 0 Å². The molecule has 0 saturated carbocycles. The summed E-state index contributed by atoms with van der Waals surface area (Å²) in [5.41, 5.74) is 19.9. The maximum absolute atomic E-state index is 11.4. The number of para-hydroxylation sites is 2. The van der Waals surface area contributed by atoms with Gasteiger partial charge in [0.15, 0.2) is 0 Å². The molecule has 5 N–H and O–H groups in total. The number of anilines is 5. The van der Waals surface area contributed by atoms with Gasteiger partial charge in [0.25, 0.3) is 0 Å². The molecule has 0 aliphatic rings. The quantitative estimate of drug-likeness (QED) is 0.117. The number of aryl methyl sites for hydroxylation is 2. The summed E-state index contributed by atoms with van der Waals surface area (Å²) in [5.74, 6) is -0.946. The lowest BCUT2D eigenvalue weighted by Gasteiger charge is -2.12. The van der Waals surface area contributed by atoms with Gasteiger partial charge in [-0.2, -0.15) is 0 Å². The monoisotopic (exact) mass is 731 g/mol. The number of benzene rings is 8. The number of hydrogen-bond acceptors (Lipinski definition) is 4. The van der Waals surface area contributed by atoms with E-state index in [1.165, 1.54) is 27.8 Å². The van der Waals surface area contributed by atoms with E-state index in [4.69, 9.17) is 5.73 Å². The third-order valence-electron chi connectivity index (χ3n) is 9.19. The van der Waals surface area contributed by atoms with Crippen LogP contribution >= 0.6 is 0 Å². The Hall–Kier alpha value is -7.37. The molecular formula is C51H45N3O2. The van der Waals surface area contributed by atoms with Crippen LogP contribution in [0.15, 0.2) is 206 Å². The number of nitrogens with one attached hydrogen (secondary N) is 2. The Bertz CT molecular complexity index is 2450. The minimum Gasteiger partial charge on any atom is -0.478 e. The zero-order chi connectivity index (χ0) is 39.1. The summed E-state index contributed by atoms with van der Waals surface area (Å²) in [6, 6.07) is 68.4. The standard InChI is InChI=1S/C19H15NO2.C19H17N.C13H13N/c21-19(22)17-12-11-15(14-7-3-1-4-8-14)13-18(17)20-16-9-5-2-6-10-16;1-15-12-13-17(16-8-4-2-5-9-16)14-19(15)20-18-10-6-3-7-11-18;1-10-7-8-12(9-13(10)14)11-5-3-2-4-6-11/h1-13,20H,(H,21,22);2-14,20H,1H3;2-9H,14H2,1H3. The fraction of sp³-hybridized carbons (Fsp3) is 0.0392. The first-order chi connectivity index (χ1) is 27.3. The van der Waals surface area contributed by atoms with Gasteiger partial charge in [0, 0.05) is 22.7 Å². The zero-order valence-corrected chi connectivity index (χ0v) is 31.6. The summed E-state index contributed by atoms with van der Waals surface area (Å²) in [4.78, 5) is 11.4. The smallest absolute Gasteiger partial charge is 0.337 e. The Balaban J connectivity index is 0.000000146. The van der Waals surface area contributed by atoms with Crippen molar-refractivity contribution in [2.45, 2.75) is 13.8 Å². The van der Waals surface area contributed by atoms with Crippen molar-refractivity contribution in [3.63, 3.8) is 0 Å². The van der Waals surface area contributed by atoms with E-state index in [1.807, 2.05) is 128 Å². The van der Waals surface area contributed by atoms with E-state index in [0.717, 1.165) is 39.4 Å². The topological polar surface area (TPSA) is 87.4 Å². The SMILES string of the molecule is Cc1ccc(-c2ccccc2)cc1N.Cc1ccc(-c2ccccc2)cc1Nc1ccccc1.O=C(O)c1ccc(-c2ccccc2)cc1Nc1ccccc1. The number of rotatable bonds is 8. The van der Waals surface area contributed by atoms with Gasteiger partial charge in [-0.25, -0.2) is 4.79 Å². The van der Waals surface area contributed by atoms with Crippen molar-refractivity contribution in [2.75, 3.05) is 16.4 Å². The second-order valence-corrected chi connectivity index (χ2v) is 13.2. The summed E-state index contributed by atoms with van der Waals surface area (Å²) >= 11 is 0. The third-order valence-corrected chi connectivity index (χ3v) is 9.19. The number of nitrogen functional groups attached to an aromatic ring is 1. The Labute approximate surface area is 329 Å². The predicted molar refractivity (Wildman–Crippen MR) is 236 cm³/mol. The van der Waals surface area contributed by atoms with Gasteiger partial charge >= 0.3 is 5.97 Å². The van der Waals surface area contributed by atoms with Crippen LogP contribution in [0.4, 0.5) is 28.4 Å². The lowest BCUT2D eigenvalue weighted by Crippen LogP contribution is -2.03. The maximum atomic E-state index is 11.4. The van der Waals surface area contributed by atoms with Crippen LogP contribution in [0.3, 0.4) is 0 Å². The molecule has 276 valence electrons. The van der Waals surface area contributed by atoms with Crippen LogP contribution in [0.25, 0.3) is 33.4 Å². The number of carboxylic acid groups (broad SMARTS) is 1. The molecule has 8 aromatic carbocycles. The molecule has 0 fully saturated rings. The van der Waals surface area contributed by atoms with Gasteiger partial charge in [0.2, 0.25) is 0 Å².